The molecule has 2 aliphatic rings. The van der Waals surface area contributed by atoms with Gasteiger partial charge < -0.3 is 15.2 Å². The first-order chi connectivity index (χ1) is 11.3. The molecule has 0 radical (unpaired) electrons. The van der Waals surface area contributed by atoms with Crippen LogP contribution in [0.5, 0.6) is 0 Å². The molecule has 7 heteroatoms. The molecule has 2 N–H and O–H groups in total. The number of hydrogen-bond donors (Lipinski definition) is 2. The van der Waals surface area contributed by atoms with E-state index in [1.807, 2.05) is 20.8 Å². The molecular formula is C17H34N4O3. The van der Waals surface area contributed by atoms with Crippen LogP contribution >= 0.6 is 0 Å². The Kier molecular flexibility index (Phi) is 7.43. The summed E-state index contributed by atoms with van der Waals surface area (Å²) in [5.41, 5.74) is -0.178. The Hall–Kier alpha value is -0.730. The molecule has 2 rings (SSSR count). The zero-order valence-electron chi connectivity index (χ0n) is 15.5. The van der Waals surface area contributed by atoms with Crippen LogP contribution in [0, 0.1) is 0 Å². The van der Waals surface area contributed by atoms with E-state index in [-0.39, 0.29) is 17.6 Å². The molecule has 2 heterocycles. The molecule has 1 amide bonds. The standard InChI is InChI=1S/C17H34N4O3/c1-17(2,3)18-16(23)14-20-6-4-19(5-7-20)12-15(22)13-21-8-10-24-11-9-21/h15,22H,4-14H2,1-3H3,(H,18,23)/t15-/m0/s1. The van der Waals surface area contributed by atoms with Gasteiger partial charge in [-0.15, -0.1) is 0 Å². The highest BCUT2D eigenvalue weighted by Gasteiger charge is 2.23. The molecule has 0 spiro atoms. The number of rotatable bonds is 6. The lowest BCUT2D eigenvalue weighted by atomic mass is 10.1. The zero-order chi connectivity index (χ0) is 17.6. The zero-order valence-corrected chi connectivity index (χ0v) is 15.5. The van der Waals surface area contributed by atoms with Gasteiger partial charge in [0.25, 0.3) is 0 Å². The Morgan fingerprint density at radius 3 is 2.04 bits per heavy atom. The summed E-state index contributed by atoms with van der Waals surface area (Å²) in [6.45, 7) is 14.8. The molecule has 0 aromatic rings. The second-order valence-corrected chi connectivity index (χ2v) is 7.94. The van der Waals surface area contributed by atoms with Crippen LogP contribution in [0.3, 0.4) is 0 Å². The molecule has 0 aromatic carbocycles. The minimum atomic E-state index is -0.321. The van der Waals surface area contributed by atoms with Gasteiger partial charge in [-0.1, -0.05) is 0 Å². The van der Waals surface area contributed by atoms with Crippen LogP contribution < -0.4 is 5.32 Å². The molecule has 140 valence electrons. The van der Waals surface area contributed by atoms with E-state index in [0.717, 1.165) is 59.0 Å². The number of nitrogens with zero attached hydrogens (tertiary/aromatic N) is 3. The Bertz CT molecular complexity index is 386. The number of carbonyl (C=O) groups excluding carboxylic acids is 1. The maximum atomic E-state index is 12.0. The number of ether oxygens (including phenoxy) is 1. The van der Waals surface area contributed by atoms with E-state index in [4.69, 9.17) is 4.74 Å². The summed E-state index contributed by atoms with van der Waals surface area (Å²) < 4.78 is 5.33. The molecule has 7 nitrogen and oxygen atoms in total. The molecule has 2 saturated heterocycles. The SMILES string of the molecule is CC(C)(C)NC(=O)CN1CCN(C[C@H](O)CN2CCOCC2)CC1. The van der Waals surface area contributed by atoms with Crippen LogP contribution in [-0.4, -0.2) is 109 Å². The summed E-state index contributed by atoms with van der Waals surface area (Å²) >= 11 is 0. The summed E-state index contributed by atoms with van der Waals surface area (Å²) in [5, 5.41) is 13.3. The average Bonchev–Trinajstić information content (AvgIpc) is 2.48. The lowest BCUT2D eigenvalue weighted by Gasteiger charge is -2.36. The fourth-order valence-electron chi connectivity index (χ4n) is 3.23. The van der Waals surface area contributed by atoms with Crippen LogP contribution in [0.4, 0.5) is 0 Å². The molecule has 2 aliphatic heterocycles. The fraction of sp³-hybridized carbons (Fsp3) is 0.941. The summed E-state index contributed by atoms with van der Waals surface area (Å²) in [7, 11) is 0. The largest absolute Gasteiger partial charge is 0.390 e. The van der Waals surface area contributed by atoms with Crippen molar-refractivity contribution in [3.63, 3.8) is 0 Å². The van der Waals surface area contributed by atoms with Gasteiger partial charge in [0.05, 0.1) is 25.9 Å². The van der Waals surface area contributed by atoms with Gasteiger partial charge in [0.1, 0.15) is 0 Å². The third kappa shape index (κ3) is 7.44. The lowest BCUT2D eigenvalue weighted by molar-refractivity contribution is -0.124. The molecule has 2 fully saturated rings. The van der Waals surface area contributed by atoms with Gasteiger partial charge in [0.2, 0.25) is 5.91 Å². The van der Waals surface area contributed by atoms with Crippen LogP contribution in [0.15, 0.2) is 0 Å². The number of hydrogen-bond acceptors (Lipinski definition) is 6. The second kappa shape index (κ2) is 9.10. The van der Waals surface area contributed by atoms with Crippen molar-refractivity contribution < 1.29 is 14.6 Å². The van der Waals surface area contributed by atoms with E-state index in [1.54, 1.807) is 0 Å². The predicted molar refractivity (Wildman–Crippen MR) is 94.0 cm³/mol. The molecule has 0 unspecified atom stereocenters. The van der Waals surface area contributed by atoms with Crippen molar-refractivity contribution >= 4 is 5.91 Å². The highest BCUT2D eigenvalue weighted by atomic mass is 16.5. The normalized spacial score (nSPS) is 23.2. The maximum Gasteiger partial charge on any atom is 0.234 e. The minimum Gasteiger partial charge on any atom is -0.390 e. The smallest absolute Gasteiger partial charge is 0.234 e. The molecule has 0 aliphatic carbocycles. The van der Waals surface area contributed by atoms with Crippen LogP contribution in [0.1, 0.15) is 20.8 Å². The summed E-state index contributed by atoms with van der Waals surface area (Å²) in [5.74, 6) is 0.0864. The lowest BCUT2D eigenvalue weighted by Crippen LogP contribution is -2.53. The summed E-state index contributed by atoms with van der Waals surface area (Å²) in [4.78, 5) is 18.7. The molecule has 0 saturated carbocycles. The van der Waals surface area contributed by atoms with Crippen molar-refractivity contribution in [3.05, 3.63) is 0 Å². The minimum absolute atomic E-state index is 0.0864. The van der Waals surface area contributed by atoms with Gasteiger partial charge in [-0.3, -0.25) is 19.5 Å². The van der Waals surface area contributed by atoms with Gasteiger partial charge in [0, 0.05) is 57.9 Å². The molecule has 0 bridgehead atoms. The van der Waals surface area contributed by atoms with Gasteiger partial charge in [-0.25, -0.2) is 0 Å². The van der Waals surface area contributed by atoms with Crippen molar-refractivity contribution in [1.82, 2.24) is 20.0 Å². The number of amides is 1. The second-order valence-electron chi connectivity index (χ2n) is 7.94. The quantitative estimate of drug-likeness (QED) is 0.660. The van der Waals surface area contributed by atoms with Crippen molar-refractivity contribution in [2.75, 3.05) is 72.1 Å². The van der Waals surface area contributed by atoms with E-state index in [9.17, 15) is 9.90 Å². The van der Waals surface area contributed by atoms with Crippen LogP contribution in [0.2, 0.25) is 0 Å². The molecular weight excluding hydrogens is 308 g/mol. The van der Waals surface area contributed by atoms with Gasteiger partial charge >= 0.3 is 0 Å². The van der Waals surface area contributed by atoms with Crippen molar-refractivity contribution in [3.8, 4) is 0 Å². The Morgan fingerprint density at radius 2 is 1.50 bits per heavy atom. The number of aliphatic hydroxyl groups excluding tert-OH is 1. The van der Waals surface area contributed by atoms with Gasteiger partial charge in [-0.05, 0) is 20.8 Å². The maximum absolute atomic E-state index is 12.0. The number of nitrogens with one attached hydrogen (secondary N) is 1. The number of aliphatic hydroxyl groups is 1. The number of carbonyl (C=O) groups is 1. The fourth-order valence-corrected chi connectivity index (χ4v) is 3.23. The Morgan fingerprint density at radius 1 is 1.00 bits per heavy atom. The molecule has 0 aromatic heterocycles. The Labute approximate surface area is 145 Å². The van der Waals surface area contributed by atoms with Crippen molar-refractivity contribution in [2.45, 2.75) is 32.4 Å². The number of morpholine rings is 1. The summed E-state index contributed by atoms with van der Waals surface area (Å²) in [6.07, 6.45) is -0.321. The highest BCUT2D eigenvalue weighted by Crippen LogP contribution is 2.06. The first-order valence-electron chi connectivity index (χ1n) is 9.06. The van der Waals surface area contributed by atoms with Crippen molar-refractivity contribution in [1.29, 1.82) is 0 Å². The van der Waals surface area contributed by atoms with E-state index < -0.39 is 0 Å². The predicted octanol–water partition coefficient (Wildman–Crippen LogP) is -0.788. The van der Waals surface area contributed by atoms with Crippen molar-refractivity contribution in [2.24, 2.45) is 0 Å². The van der Waals surface area contributed by atoms with E-state index in [1.165, 1.54) is 0 Å². The first kappa shape index (κ1) is 19.6. The third-order valence-corrected chi connectivity index (χ3v) is 4.39. The molecule has 1 atom stereocenters. The van der Waals surface area contributed by atoms with E-state index in [0.29, 0.717) is 13.1 Å². The summed E-state index contributed by atoms with van der Waals surface area (Å²) in [6, 6.07) is 0. The van der Waals surface area contributed by atoms with Crippen LogP contribution in [0.25, 0.3) is 0 Å². The average molecular weight is 342 g/mol. The highest BCUT2D eigenvalue weighted by molar-refractivity contribution is 5.78. The number of piperazine rings is 1. The monoisotopic (exact) mass is 342 g/mol. The third-order valence-electron chi connectivity index (χ3n) is 4.39. The van der Waals surface area contributed by atoms with Crippen LogP contribution in [-0.2, 0) is 9.53 Å². The van der Waals surface area contributed by atoms with Gasteiger partial charge in [0.15, 0.2) is 0 Å². The van der Waals surface area contributed by atoms with E-state index in [2.05, 4.69) is 20.0 Å². The first-order valence-corrected chi connectivity index (χ1v) is 9.06. The molecule has 24 heavy (non-hydrogen) atoms. The topological polar surface area (TPSA) is 68.3 Å². The number of β-amino-alcohol motifs (C(OH)–C–C–N with tert-alkyl or cyclic N) is 1. The Balaban J connectivity index is 1.62. The van der Waals surface area contributed by atoms with E-state index >= 15 is 0 Å². The van der Waals surface area contributed by atoms with Gasteiger partial charge in [-0.2, -0.15) is 0 Å².